The molecule has 1 unspecified atom stereocenters. The van der Waals surface area contributed by atoms with Crippen LogP contribution in [-0.4, -0.2) is 48.8 Å². The molecule has 0 aromatic heterocycles. The number of nitrogens with zero attached hydrogens (tertiary/aromatic N) is 1. The van der Waals surface area contributed by atoms with Crippen molar-refractivity contribution in [3.05, 3.63) is 0 Å². The van der Waals surface area contributed by atoms with E-state index in [0.29, 0.717) is 13.0 Å². The fourth-order valence-corrected chi connectivity index (χ4v) is 3.74. The van der Waals surface area contributed by atoms with Crippen LogP contribution in [0.4, 0.5) is 0 Å². The predicted octanol–water partition coefficient (Wildman–Crippen LogP) is 0.192. The summed E-state index contributed by atoms with van der Waals surface area (Å²) in [5.74, 6) is -0.442. The molecule has 0 spiro atoms. The summed E-state index contributed by atoms with van der Waals surface area (Å²) in [6, 6.07) is 0. The van der Waals surface area contributed by atoms with Gasteiger partial charge in [0.2, 0.25) is 5.91 Å². The van der Waals surface area contributed by atoms with E-state index in [1.54, 1.807) is 4.90 Å². The largest absolute Gasteiger partial charge is 0.393 e. The number of nitrogens with two attached hydrogens (primary N) is 1. The normalized spacial score (nSPS) is 21.4. The fourth-order valence-electron chi connectivity index (χ4n) is 2.09. The highest BCUT2D eigenvalue weighted by molar-refractivity contribution is 7.91. The van der Waals surface area contributed by atoms with Crippen LogP contribution in [0.2, 0.25) is 0 Å². The summed E-state index contributed by atoms with van der Waals surface area (Å²) >= 11 is 4.93. The Labute approximate surface area is 114 Å². The second kappa shape index (κ2) is 5.97. The molecule has 1 heterocycles. The molecule has 1 rings (SSSR count). The molecule has 1 fully saturated rings. The SMILES string of the molecule is CC(C)C(C(=O)N1CCCS(=O)(=O)CC1)C(N)=S. The summed E-state index contributed by atoms with van der Waals surface area (Å²) in [5.41, 5.74) is 5.60. The van der Waals surface area contributed by atoms with Crippen LogP contribution in [0.1, 0.15) is 20.3 Å². The van der Waals surface area contributed by atoms with Gasteiger partial charge in [0.05, 0.1) is 22.4 Å². The Bertz CT molecular complexity index is 432. The highest BCUT2D eigenvalue weighted by Gasteiger charge is 2.31. The second-order valence-corrected chi connectivity index (χ2v) is 7.73. The fraction of sp³-hybridized carbons (Fsp3) is 0.818. The topological polar surface area (TPSA) is 80.5 Å². The molecule has 0 saturated carbocycles. The van der Waals surface area contributed by atoms with Gasteiger partial charge in [0.1, 0.15) is 0 Å². The number of carbonyl (C=O) groups is 1. The molecule has 1 aliphatic heterocycles. The van der Waals surface area contributed by atoms with Crippen LogP contribution in [0.25, 0.3) is 0 Å². The van der Waals surface area contributed by atoms with E-state index in [1.807, 2.05) is 13.8 Å². The summed E-state index contributed by atoms with van der Waals surface area (Å²) in [6.45, 7) is 4.48. The lowest BCUT2D eigenvalue weighted by Gasteiger charge is -2.27. The van der Waals surface area contributed by atoms with Crippen LogP contribution in [0.5, 0.6) is 0 Å². The zero-order chi connectivity index (χ0) is 13.9. The zero-order valence-electron chi connectivity index (χ0n) is 10.8. The quantitative estimate of drug-likeness (QED) is 0.751. The molecule has 0 aliphatic carbocycles. The molecule has 5 nitrogen and oxygen atoms in total. The Morgan fingerprint density at radius 3 is 2.39 bits per heavy atom. The summed E-state index contributed by atoms with van der Waals surface area (Å²) in [5, 5.41) is 0. The van der Waals surface area contributed by atoms with Gasteiger partial charge in [-0.25, -0.2) is 8.42 Å². The van der Waals surface area contributed by atoms with Crippen molar-refractivity contribution >= 4 is 33.0 Å². The van der Waals surface area contributed by atoms with Crippen molar-refractivity contribution in [2.75, 3.05) is 24.6 Å². The summed E-state index contributed by atoms with van der Waals surface area (Å²) in [6.07, 6.45) is 0.482. The minimum absolute atomic E-state index is 0.0230. The lowest BCUT2D eigenvalue weighted by Crippen LogP contribution is -2.44. The number of thiocarbonyl (C=S) groups is 1. The summed E-state index contributed by atoms with van der Waals surface area (Å²) in [4.78, 5) is 14.1. The van der Waals surface area contributed by atoms with Crippen molar-refractivity contribution in [1.82, 2.24) is 4.90 Å². The lowest BCUT2D eigenvalue weighted by atomic mass is 9.94. The molecular weight excluding hydrogens is 272 g/mol. The van der Waals surface area contributed by atoms with Crippen LogP contribution in [-0.2, 0) is 14.6 Å². The van der Waals surface area contributed by atoms with Gasteiger partial charge in [0, 0.05) is 13.1 Å². The van der Waals surface area contributed by atoms with E-state index in [0.717, 1.165) is 0 Å². The third kappa shape index (κ3) is 3.91. The average Bonchev–Trinajstić information content (AvgIpc) is 2.38. The minimum atomic E-state index is -3.01. The van der Waals surface area contributed by atoms with Gasteiger partial charge in [-0.05, 0) is 12.3 Å². The first-order chi connectivity index (χ1) is 8.24. The number of amides is 1. The van der Waals surface area contributed by atoms with Crippen LogP contribution in [0, 0.1) is 11.8 Å². The third-order valence-corrected chi connectivity index (χ3v) is 5.08. The maximum atomic E-state index is 12.3. The molecule has 18 heavy (non-hydrogen) atoms. The van der Waals surface area contributed by atoms with Crippen molar-refractivity contribution in [3.8, 4) is 0 Å². The molecule has 7 heteroatoms. The molecule has 2 N–H and O–H groups in total. The average molecular weight is 292 g/mol. The first-order valence-electron chi connectivity index (χ1n) is 6.03. The van der Waals surface area contributed by atoms with Gasteiger partial charge in [0.15, 0.2) is 9.84 Å². The van der Waals surface area contributed by atoms with Gasteiger partial charge < -0.3 is 10.6 Å². The molecule has 0 radical (unpaired) electrons. The maximum absolute atomic E-state index is 12.3. The highest BCUT2D eigenvalue weighted by Crippen LogP contribution is 2.17. The van der Waals surface area contributed by atoms with E-state index in [4.69, 9.17) is 18.0 Å². The smallest absolute Gasteiger partial charge is 0.232 e. The highest BCUT2D eigenvalue weighted by atomic mass is 32.2. The van der Waals surface area contributed by atoms with Crippen LogP contribution in [0.3, 0.4) is 0 Å². The monoisotopic (exact) mass is 292 g/mol. The van der Waals surface area contributed by atoms with E-state index in [1.165, 1.54) is 0 Å². The summed E-state index contributed by atoms with van der Waals surface area (Å²) < 4.78 is 23.0. The number of hydrogen-bond donors (Lipinski definition) is 1. The zero-order valence-corrected chi connectivity index (χ0v) is 12.4. The van der Waals surface area contributed by atoms with E-state index in [2.05, 4.69) is 0 Å². The van der Waals surface area contributed by atoms with Gasteiger partial charge in [0.25, 0.3) is 0 Å². The Morgan fingerprint density at radius 2 is 1.89 bits per heavy atom. The van der Waals surface area contributed by atoms with Crippen LogP contribution < -0.4 is 5.73 Å². The van der Waals surface area contributed by atoms with Crippen LogP contribution >= 0.6 is 12.2 Å². The van der Waals surface area contributed by atoms with Crippen LogP contribution in [0.15, 0.2) is 0 Å². The van der Waals surface area contributed by atoms with Gasteiger partial charge in [-0.15, -0.1) is 0 Å². The Morgan fingerprint density at radius 1 is 1.28 bits per heavy atom. The molecular formula is C11H20N2O3S2. The van der Waals surface area contributed by atoms with Gasteiger partial charge in [-0.3, -0.25) is 4.79 Å². The molecule has 0 bridgehead atoms. The van der Waals surface area contributed by atoms with Crippen molar-refractivity contribution in [1.29, 1.82) is 0 Å². The van der Waals surface area contributed by atoms with Crippen molar-refractivity contribution < 1.29 is 13.2 Å². The van der Waals surface area contributed by atoms with Crippen molar-refractivity contribution in [2.24, 2.45) is 17.6 Å². The van der Waals surface area contributed by atoms with E-state index in [-0.39, 0.29) is 34.9 Å². The number of rotatable bonds is 3. The lowest BCUT2D eigenvalue weighted by molar-refractivity contribution is -0.134. The Hall–Kier alpha value is -0.690. The van der Waals surface area contributed by atoms with E-state index < -0.39 is 15.8 Å². The Balaban J connectivity index is 2.80. The molecule has 0 aromatic rings. The van der Waals surface area contributed by atoms with E-state index >= 15 is 0 Å². The molecule has 0 aromatic carbocycles. The number of hydrogen-bond acceptors (Lipinski definition) is 4. The molecule has 1 aliphatic rings. The maximum Gasteiger partial charge on any atom is 0.232 e. The number of sulfone groups is 1. The van der Waals surface area contributed by atoms with Crippen molar-refractivity contribution in [2.45, 2.75) is 20.3 Å². The van der Waals surface area contributed by atoms with E-state index in [9.17, 15) is 13.2 Å². The molecule has 104 valence electrons. The standard InChI is InChI=1S/C11H20N2O3S2/c1-8(2)9(10(12)17)11(14)13-4-3-6-18(15,16)7-5-13/h8-9H,3-7H2,1-2H3,(H2,12,17). The summed E-state index contributed by atoms with van der Waals surface area (Å²) in [7, 11) is -3.01. The molecule has 1 atom stereocenters. The molecule has 1 saturated heterocycles. The molecule has 1 amide bonds. The minimum Gasteiger partial charge on any atom is -0.393 e. The number of carbonyl (C=O) groups excluding carboxylic acids is 1. The second-order valence-electron chi connectivity index (χ2n) is 4.95. The van der Waals surface area contributed by atoms with Crippen molar-refractivity contribution in [3.63, 3.8) is 0 Å². The first kappa shape index (κ1) is 15.4. The van der Waals surface area contributed by atoms with Gasteiger partial charge in [-0.2, -0.15) is 0 Å². The third-order valence-electron chi connectivity index (χ3n) is 3.11. The van der Waals surface area contributed by atoms with Gasteiger partial charge in [-0.1, -0.05) is 26.1 Å². The predicted molar refractivity (Wildman–Crippen MR) is 75.0 cm³/mol. The first-order valence-corrected chi connectivity index (χ1v) is 8.26. The van der Waals surface area contributed by atoms with Gasteiger partial charge >= 0.3 is 0 Å². The Kier molecular flexibility index (Phi) is 5.10.